The molecule has 5 aromatic rings. The Bertz CT molecular complexity index is 1420. The Kier molecular flexibility index (Phi) is 9.20. The average Bonchev–Trinajstić information content (AvgIpc) is 3.72. The second-order valence-electron chi connectivity index (χ2n) is 8.44. The van der Waals surface area contributed by atoms with E-state index in [-0.39, 0.29) is 20.1 Å². The van der Waals surface area contributed by atoms with Gasteiger partial charge in [0.2, 0.25) is 0 Å². The minimum absolute atomic E-state index is 0. The number of hydrogen-bond donors (Lipinski definition) is 0. The van der Waals surface area contributed by atoms with Gasteiger partial charge in [0.1, 0.15) is 0 Å². The summed E-state index contributed by atoms with van der Waals surface area (Å²) >= 11 is 0. The van der Waals surface area contributed by atoms with Crippen LogP contribution in [0.4, 0.5) is 11.4 Å². The molecule has 0 spiro atoms. The standard InChI is InChI=1S/C11H7N2.2C10H10N2.Ir/c1-2-4-10-9(3-1)5-7-13-8-6-12-11(10)13;2*1-11-7-8-12(9-11)10-5-3-2-4-6-10;/h1-3,5-8H;2*2-5,7-9H,1H3;/q-1;2*-2;. The monoisotopic (exact) mass is 676 g/mol. The maximum atomic E-state index is 4.28. The molecule has 38 heavy (non-hydrogen) atoms. The number of anilines is 2. The molecule has 2 aliphatic rings. The number of fused-ring (bicyclic) bond motifs is 3. The van der Waals surface area contributed by atoms with Crippen LogP contribution in [0.1, 0.15) is 0 Å². The Labute approximate surface area is 238 Å². The summed E-state index contributed by atoms with van der Waals surface area (Å²) < 4.78 is 2.00. The summed E-state index contributed by atoms with van der Waals surface area (Å²) in [6.45, 7) is 4.01. The number of hydrogen-bond acceptors (Lipinski definition) is 5. The molecule has 1 radical (unpaired) electrons. The van der Waals surface area contributed by atoms with E-state index in [1.165, 1.54) is 5.39 Å². The minimum Gasteiger partial charge on any atom is -0.510 e. The van der Waals surface area contributed by atoms with Gasteiger partial charge >= 0.3 is 0 Å². The van der Waals surface area contributed by atoms with Gasteiger partial charge in [0.05, 0.1) is 5.65 Å². The fraction of sp³-hybridized carbons (Fsp3) is 0.0645. The Hall–Kier alpha value is -4.06. The van der Waals surface area contributed by atoms with E-state index in [0.717, 1.165) is 22.4 Å². The predicted molar refractivity (Wildman–Crippen MR) is 149 cm³/mol. The van der Waals surface area contributed by atoms with E-state index < -0.39 is 0 Å². The van der Waals surface area contributed by atoms with E-state index in [4.69, 9.17) is 0 Å². The Morgan fingerprint density at radius 2 is 1.26 bits per heavy atom. The molecule has 0 atom stereocenters. The molecular formula is C31H27IrN6-5. The first-order valence-electron chi connectivity index (χ1n) is 11.9. The Balaban J connectivity index is 0.000000131. The first-order chi connectivity index (χ1) is 18.2. The number of pyridine rings is 1. The van der Waals surface area contributed by atoms with Crippen LogP contribution < -0.4 is 9.80 Å². The summed E-state index contributed by atoms with van der Waals surface area (Å²) in [5, 5.41) is 2.26. The van der Waals surface area contributed by atoms with Crippen LogP contribution in [-0.2, 0) is 20.1 Å². The van der Waals surface area contributed by atoms with Crippen LogP contribution in [0.15, 0.2) is 116 Å². The zero-order chi connectivity index (χ0) is 25.5. The normalized spacial score (nSPS) is 13.7. The van der Waals surface area contributed by atoms with Crippen LogP contribution in [0.25, 0.3) is 16.4 Å². The molecule has 6 nitrogen and oxygen atoms in total. The molecule has 0 bridgehead atoms. The molecule has 0 unspecified atom stereocenters. The number of aromatic nitrogens is 2. The Morgan fingerprint density at radius 3 is 1.79 bits per heavy atom. The quantitative estimate of drug-likeness (QED) is 0.216. The summed E-state index contributed by atoms with van der Waals surface area (Å²) in [6, 6.07) is 33.4. The average molecular weight is 676 g/mol. The number of nitrogens with zero attached hydrogens (tertiary/aromatic N) is 6. The molecule has 7 heteroatoms. The van der Waals surface area contributed by atoms with Gasteiger partial charge in [-0.3, -0.25) is 4.98 Å². The third-order valence-electron chi connectivity index (χ3n) is 5.67. The second kappa shape index (κ2) is 12.9. The zero-order valence-electron chi connectivity index (χ0n) is 21.1. The van der Waals surface area contributed by atoms with Crippen molar-refractivity contribution in [2.75, 3.05) is 23.9 Å². The maximum Gasteiger partial charge on any atom is 0.0603 e. The van der Waals surface area contributed by atoms with Crippen molar-refractivity contribution in [1.29, 1.82) is 0 Å². The molecule has 0 fully saturated rings. The zero-order valence-corrected chi connectivity index (χ0v) is 23.5. The molecule has 0 N–H and O–H groups in total. The van der Waals surface area contributed by atoms with E-state index >= 15 is 0 Å². The topological polar surface area (TPSA) is 30.3 Å². The van der Waals surface area contributed by atoms with Gasteiger partial charge in [-0.05, 0) is 45.1 Å². The second-order valence-corrected chi connectivity index (χ2v) is 8.44. The summed E-state index contributed by atoms with van der Waals surface area (Å²) in [5.41, 5.74) is 3.11. The summed E-state index contributed by atoms with van der Waals surface area (Å²) in [7, 11) is 4.00. The van der Waals surface area contributed by atoms with Gasteiger partial charge in [-0.1, -0.05) is 6.07 Å². The van der Waals surface area contributed by atoms with E-state index in [2.05, 4.69) is 35.3 Å². The number of para-hydroxylation sites is 2. The predicted octanol–water partition coefficient (Wildman–Crippen LogP) is 5.94. The van der Waals surface area contributed by atoms with Crippen molar-refractivity contribution >= 4 is 27.8 Å². The maximum absolute atomic E-state index is 4.28. The molecule has 2 aliphatic heterocycles. The molecule has 0 amide bonds. The molecule has 195 valence electrons. The largest absolute Gasteiger partial charge is 0.510 e. The number of benzene rings is 3. The Morgan fingerprint density at radius 1 is 0.658 bits per heavy atom. The van der Waals surface area contributed by atoms with Gasteiger partial charge < -0.3 is 24.0 Å². The van der Waals surface area contributed by atoms with Crippen LogP contribution in [-0.4, -0.2) is 33.3 Å². The van der Waals surface area contributed by atoms with Crippen LogP contribution in [0, 0.1) is 31.5 Å². The SMILES string of the molecule is CN1C=CN(c2[c-]cccc2)[CH-]1.CN1C=CN(c2[c-]cccc2)[CH-]1.[Ir].[c-]1cccc2ccn3ccnc3c12. The molecule has 0 aliphatic carbocycles. The fourth-order valence-corrected chi connectivity index (χ4v) is 3.84. The van der Waals surface area contributed by atoms with Gasteiger partial charge in [-0.15, -0.1) is 46.4 Å². The van der Waals surface area contributed by atoms with Gasteiger partial charge in [-0.2, -0.15) is 74.0 Å². The van der Waals surface area contributed by atoms with Crippen molar-refractivity contribution in [1.82, 2.24) is 19.2 Å². The third-order valence-corrected chi connectivity index (χ3v) is 5.67. The van der Waals surface area contributed by atoms with Gasteiger partial charge in [0.25, 0.3) is 0 Å². The third kappa shape index (κ3) is 6.62. The molecule has 3 aromatic carbocycles. The van der Waals surface area contributed by atoms with Crippen molar-refractivity contribution in [2.45, 2.75) is 0 Å². The van der Waals surface area contributed by atoms with Crippen molar-refractivity contribution in [3.8, 4) is 0 Å². The van der Waals surface area contributed by atoms with Crippen LogP contribution >= 0.6 is 0 Å². The number of imidazole rings is 1. The molecule has 0 saturated carbocycles. The van der Waals surface area contributed by atoms with Gasteiger partial charge in [0.15, 0.2) is 0 Å². The van der Waals surface area contributed by atoms with E-state index in [9.17, 15) is 0 Å². The van der Waals surface area contributed by atoms with Gasteiger partial charge in [0, 0.05) is 32.5 Å². The molecule has 2 aromatic heterocycles. The summed E-state index contributed by atoms with van der Waals surface area (Å²) in [6.07, 6.45) is 13.8. The van der Waals surface area contributed by atoms with Crippen molar-refractivity contribution < 1.29 is 20.1 Å². The van der Waals surface area contributed by atoms with Gasteiger partial charge in [-0.25, -0.2) is 0 Å². The van der Waals surface area contributed by atoms with E-state index in [0.29, 0.717) is 0 Å². The minimum atomic E-state index is 0. The summed E-state index contributed by atoms with van der Waals surface area (Å²) in [4.78, 5) is 12.3. The van der Waals surface area contributed by atoms with Crippen molar-refractivity contribution in [3.63, 3.8) is 0 Å². The van der Waals surface area contributed by atoms with Crippen LogP contribution in [0.5, 0.6) is 0 Å². The van der Waals surface area contributed by atoms with Crippen LogP contribution in [0.3, 0.4) is 0 Å². The number of rotatable bonds is 2. The molecule has 4 heterocycles. The smallest absolute Gasteiger partial charge is 0.0603 e. The first kappa shape index (κ1) is 27.0. The fourth-order valence-electron chi connectivity index (χ4n) is 3.84. The van der Waals surface area contributed by atoms with Crippen molar-refractivity contribution in [3.05, 3.63) is 148 Å². The molecule has 7 rings (SSSR count). The van der Waals surface area contributed by atoms with E-state index in [1.807, 2.05) is 149 Å². The van der Waals surface area contributed by atoms with E-state index in [1.54, 1.807) is 6.20 Å². The van der Waals surface area contributed by atoms with Crippen molar-refractivity contribution in [2.24, 2.45) is 0 Å². The molecule has 0 saturated heterocycles. The molecular weight excluding hydrogens is 649 g/mol. The summed E-state index contributed by atoms with van der Waals surface area (Å²) in [5.74, 6) is 0. The first-order valence-corrected chi connectivity index (χ1v) is 11.9. The van der Waals surface area contributed by atoms with Crippen LogP contribution in [0.2, 0.25) is 0 Å².